The van der Waals surface area contributed by atoms with Gasteiger partial charge in [0.15, 0.2) is 0 Å². The van der Waals surface area contributed by atoms with Gasteiger partial charge in [0.25, 0.3) is 0 Å². The van der Waals surface area contributed by atoms with Gasteiger partial charge < -0.3 is 20.1 Å². The first kappa shape index (κ1) is 18.3. The van der Waals surface area contributed by atoms with Crippen LogP contribution < -0.4 is 10.1 Å². The Morgan fingerprint density at radius 3 is 2.67 bits per heavy atom. The van der Waals surface area contributed by atoms with E-state index in [1.807, 2.05) is 24.3 Å². The summed E-state index contributed by atoms with van der Waals surface area (Å²) in [6.45, 7) is 2.75. The lowest BCUT2D eigenvalue weighted by molar-refractivity contribution is 0.163. The van der Waals surface area contributed by atoms with Gasteiger partial charge in [-0.2, -0.15) is 0 Å². The van der Waals surface area contributed by atoms with Crippen LogP contribution in [-0.4, -0.2) is 42.8 Å². The van der Waals surface area contributed by atoms with Crippen molar-refractivity contribution >= 4 is 17.4 Å². The number of carbonyl (C=O) groups excluding carboxylic acids is 1. The lowest BCUT2D eigenvalue weighted by Crippen LogP contribution is -2.38. The Hall–Kier alpha value is -2.05. The van der Waals surface area contributed by atoms with E-state index in [1.54, 1.807) is 37.3 Å². The third-order valence-electron chi connectivity index (χ3n) is 3.72. The highest BCUT2D eigenvalue weighted by Crippen LogP contribution is 2.27. The molecule has 0 spiro atoms. The van der Waals surface area contributed by atoms with Crippen molar-refractivity contribution in [2.75, 3.05) is 20.7 Å². The molecule has 2 amide bonds. The van der Waals surface area contributed by atoms with Crippen LogP contribution in [0.15, 0.2) is 35.7 Å². The molecule has 1 atom stereocenters. The fourth-order valence-corrected chi connectivity index (χ4v) is 3.02. The first-order valence-electron chi connectivity index (χ1n) is 7.88. The number of carbonyl (C=O) groups is 1. The number of methoxy groups -OCH3 is 1. The van der Waals surface area contributed by atoms with Crippen molar-refractivity contribution in [3.8, 4) is 16.9 Å². The van der Waals surface area contributed by atoms with Gasteiger partial charge in [-0.15, -0.1) is 11.3 Å². The first-order valence-corrected chi connectivity index (χ1v) is 8.76. The Morgan fingerprint density at radius 1 is 1.33 bits per heavy atom. The SMILES string of the molecule is COc1ccc(-c2csc(CNC(=O)N(C)CCC(C)O)c2)cc1. The summed E-state index contributed by atoms with van der Waals surface area (Å²) in [5, 5.41) is 14.3. The van der Waals surface area contributed by atoms with Gasteiger partial charge in [0.2, 0.25) is 0 Å². The second-order valence-corrected chi connectivity index (χ2v) is 6.74. The minimum atomic E-state index is -0.399. The Bertz CT molecular complexity index is 653. The molecule has 6 heteroatoms. The summed E-state index contributed by atoms with van der Waals surface area (Å²) in [6, 6.07) is 9.87. The maximum atomic E-state index is 12.0. The van der Waals surface area contributed by atoms with E-state index < -0.39 is 6.10 Å². The van der Waals surface area contributed by atoms with Gasteiger partial charge in [0.1, 0.15) is 5.75 Å². The number of hydrogen-bond donors (Lipinski definition) is 2. The number of hydrogen-bond acceptors (Lipinski definition) is 4. The molecular weight excluding hydrogens is 324 g/mol. The Morgan fingerprint density at radius 2 is 2.04 bits per heavy atom. The molecule has 0 aliphatic rings. The molecular formula is C18H24N2O3S. The minimum absolute atomic E-state index is 0.130. The Kier molecular flexibility index (Phi) is 6.63. The molecule has 1 heterocycles. The van der Waals surface area contributed by atoms with Gasteiger partial charge in [-0.3, -0.25) is 0 Å². The number of amides is 2. The van der Waals surface area contributed by atoms with Crippen LogP contribution in [-0.2, 0) is 6.54 Å². The lowest BCUT2D eigenvalue weighted by atomic mass is 10.1. The molecule has 0 aliphatic heterocycles. The van der Waals surface area contributed by atoms with E-state index in [0.29, 0.717) is 19.5 Å². The molecule has 0 bridgehead atoms. The molecule has 2 aromatic rings. The zero-order chi connectivity index (χ0) is 17.5. The Labute approximate surface area is 146 Å². The summed E-state index contributed by atoms with van der Waals surface area (Å²) < 4.78 is 5.17. The zero-order valence-corrected chi connectivity index (χ0v) is 15.1. The van der Waals surface area contributed by atoms with E-state index in [-0.39, 0.29) is 6.03 Å². The molecule has 1 aromatic carbocycles. The predicted molar refractivity (Wildman–Crippen MR) is 97.5 cm³/mol. The van der Waals surface area contributed by atoms with Crippen LogP contribution in [0.4, 0.5) is 4.79 Å². The fraction of sp³-hybridized carbons (Fsp3) is 0.389. The third-order valence-corrected chi connectivity index (χ3v) is 4.66. The highest BCUT2D eigenvalue weighted by molar-refractivity contribution is 7.10. The Balaban J connectivity index is 1.88. The van der Waals surface area contributed by atoms with Crippen LogP contribution in [0.2, 0.25) is 0 Å². The van der Waals surface area contributed by atoms with Crippen molar-refractivity contribution in [1.29, 1.82) is 0 Å². The van der Waals surface area contributed by atoms with Crippen LogP contribution in [0, 0.1) is 0 Å². The summed E-state index contributed by atoms with van der Waals surface area (Å²) in [6.07, 6.45) is 0.175. The van der Waals surface area contributed by atoms with Crippen molar-refractivity contribution in [3.63, 3.8) is 0 Å². The highest BCUT2D eigenvalue weighted by Gasteiger charge is 2.10. The number of rotatable bonds is 7. The lowest BCUT2D eigenvalue weighted by Gasteiger charge is -2.18. The van der Waals surface area contributed by atoms with Gasteiger partial charge in [0, 0.05) is 18.5 Å². The van der Waals surface area contributed by atoms with Crippen LogP contribution in [0.25, 0.3) is 11.1 Å². The number of aliphatic hydroxyl groups excluding tert-OH is 1. The third kappa shape index (κ3) is 5.25. The number of nitrogens with zero attached hydrogens (tertiary/aromatic N) is 1. The number of urea groups is 1. The molecule has 0 saturated heterocycles. The highest BCUT2D eigenvalue weighted by atomic mass is 32.1. The van der Waals surface area contributed by atoms with Crippen molar-refractivity contribution in [2.45, 2.75) is 26.0 Å². The van der Waals surface area contributed by atoms with E-state index in [1.165, 1.54) is 0 Å². The fourth-order valence-electron chi connectivity index (χ4n) is 2.19. The van der Waals surface area contributed by atoms with Crippen molar-refractivity contribution in [2.24, 2.45) is 0 Å². The standard InChI is InChI=1S/C18H24N2O3S/c1-13(21)8-9-20(2)18(22)19-11-17-10-15(12-24-17)14-4-6-16(23-3)7-5-14/h4-7,10,12-13,21H,8-9,11H2,1-3H3,(H,19,22). The van der Waals surface area contributed by atoms with Crippen LogP contribution >= 0.6 is 11.3 Å². The number of thiophene rings is 1. The summed E-state index contributed by atoms with van der Waals surface area (Å²) in [5.41, 5.74) is 2.26. The predicted octanol–water partition coefficient (Wildman–Crippen LogP) is 3.34. The summed E-state index contributed by atoms with van der Waals surface area (Å²) >= 11 is 1.62. The monoisotopic (exact) mass is 348 g/mol. The molecule has 0 radical (unpaired) electrons. The van der Waals surface area contributed by atoms with Crippen molar-refractivity contribution in [1.82, 2.24) is 10.2 Å². The molecule has 1 aromatic heterocycles. The molecule has 0 fully saturated rings. The van der Waals surface area contributed by atoms with E-state index in [2.05, 4.69) is 16.8 Å². The van der Waals surface area contributed by atoms with E-state index in [9.17, 15) is 9.90 Å². The van der Waals surface area contributed by atoms with E-state index in [4.69, 9.17) is 4.74 Å². The number of nitrogens with one attached hydrogen (secondary N) is 1. The average molecular weight is 348 g/mol. The molecule has 0 saturated carbocycles. The van der Waals surface area contributed by atoms with Crippen LogP contribution in [0.1, 0.15) is 18.2 Å². The van der Waals surface area contributed by atoms with Crippen molar-refractivity contribution in [3.05, 3.63) is 40.6 Å². The summed E-state index contributed by atoms with van der Waals surface area (Å²) in [7, 11) is 3.38. The normalized spacial score (nSPS) is 11.8. The molecule has 2 rings (SSSR count). The van der Waals surface area contributed by atoms with Gasteiger partial charge in [-0.1, -0.05) is 12.1 Å². The quantitative estimate of drug-likeness (QED) is 0.807. The molecule has 24 heavy (non-hydrogen) atoms. The zero-order valence-electron chi connectivity index (χ0n) is 14.3. The summed E-state index contributed by atoms with van der Waals surface area (Å²) in [5.74, 6) is 0.835. The molecule has 0 aliphatic carbocycles. The van der Waals surface area contributed by atoms with Crippen LogP contribution in [0.5, 0.6) is 5.75 Å². The largest absolute Gasteiger partial charge is 0.497 e. The second-order valence-electron chi connectivity index (χ2n) is 5.75. The molecule has 130 valence electrons. The average Bonchev–Trinajstić information content (AvgIpc) is 3.06. The maximum Gasteiger partial charge on any atom is 0.317 e. The number of ether oxygens (including phenoxy) is 1. The smallest absolute Gasteiger partial charge is 0.317 e. The van der Waals surface area contributed by atoms with E-state index in [0.717, 1.165) is 21.8 Å². The van der Waals surface area contributed by atoms with Gasteiger partial charge in [0.05, 0.1) is 19.8 Å². The molecule has 5 nitrogen and oxygen atoms in total. The van der Waals surface area contributed by atoms with Gasteiger partial charge >= 0.3 is 6.03 Å². The first-order chi connectivity index (χ1) is 11.5. The number of benzene rings is 1. The topological polar surface area (TPSA) is 61.8 Å². The van der Waals surface area contributed by atoms with Gasteiger partial charge in [-0.05, 0) is 48.1 Å². The van der Waals surface area contributed by atoms with Gasteiger partial charge in [-0.25, -0.2) is 4.79 Å². The molecule has 2 N–H and O–H groups in total. The summed E-state index contributed by atoms with van der Waals surface area (Å²) in [4.78, 5) is 14.7. The van der Waals surface area contributed by atoms with E-state index >= 15 is 0 Å². The minimum Gasteiger partial charge on any atom is -0.497 e. The molecule has 1 unspecified atom stereocenters. The van der Waals surface area contributed by atoms with Crippen LogP contribution in [0.3, 0.4) is 0 Å². The number of aliphatic hydroxyl groups is 1. The maximum absolute atomic E-state index is 12.0. The second kappa shape index (κ2) is 8.70. The van der Waals surface area contributed by atoms with Crippen molar-refractivity contribution < 1.29 is 14.6 Å².